The maximum absolute atomic E-state index is 5.10. The fourth-order valence-electron chi connectivity index (χ4n) is 1.62. The second-order valence-corrected chi connectivity index (χ2v) is 6.75. The molecule has 0 saturated heterocycles. The Hall–Kier alpha value is -1.14. The number of ether oxygens (including phenoxy) is 1. The number of hydrogen-bond donors (Lipinski definition) is 2. The summed E-state index contributed by atoms with van der Waals surface area (Å²) in [4.78, 5) is 8.85. The van der Waals surface area contributed by atoms with Crippen molar-refractivity contribution in [3.63, 3.8) is 0 Å². The van der Waals surface area contributed by atoms with Gasteiger partial charge in [-0.3, -0.25) is 4.99 Å². The van der Waals surface area contributed by atoms with Crippen LogP contribution in [-0.4, -0.2) is 37.7 Å². The van der Waals surface area contributed by atoms with Gasteiger partial charge in [0, 0.05) is 31.0 Å². The van der Waals surface area contributed by atoms with Crippen molar-refractivity contribution in [3.8, 4) is 0 Å². The van der Waals surface area contributed by atoms with Gasteiger partial charge in [0.2, 0.25) is 0 Å². The van der Waals surface area contributed by atoms with Crippen molar-refractivity contribution in [1.82, 2.24) is 15.6 Å². The molecule has 2 N–H and O–H groups in total. The minimum absolute atomic E-state index is 0.0989. The smallest absolute Gasteiger partial charge is 0.191 e. The maximum atomic E-state index is 5.10. The molecule has 20 heavy (non-hydrogen) atoms. The molecule has 1 unspecified atom stereocenters. The summed E-state index contributed by atoms with van der Waals surface area (Å²) in [5.74, 6) is 0.766. The Bertz CT molecular complexity index is 437. The quantitative estimate of drug-likeness (QED) is 0.646. The third-order valence-electron chi connectivity index (χ3n) is 2.75. The monoisotopic (exact) mass is 298 g/mol. The molecule has 0 saturated carbocycles. The number of methoxy groups -OCH3 is 1. The standard InChI is InChI=1S/C14H26N4OS/c1-10(8-19-6)17-13(15-5)16-7-12-18-11(9-20-12)14(2,3)4/h9-10H,7-8H2,1-6H3,(H2,15,16,17). The van der Waals surface area contributed by atoms with Crippen molar-refractivity contribution >= 4 is 17.3 Å². The van der Waals surface area contributed by atoms with Gasteiger partial charge in [0.1, 0.15) is 5.01 Å². The van der Waals surface area contributed by atoms with Crippen LogP contribution in [0.1, 0.15) is 38.4 Å². The summed E-state index contributed by atoms with van der Waals surface area (Å²) in [6, 6.07) is 0.215. The Labute approximate surface area is 125 Å². The molecule has 0 radical (unpaired) electrons. The number of thiazole rings is 1. The van der Waals surface area contributed by atoms with Crippen molar-refractivity contribution < 1.29 is 4.74 Å². The molecule has 1 heterocycles. The minimum atomic E-state index is 0.0989. The Morgan fingerprint density at radius 3 is 2.70 bits per heavy atom. The summed E-state index contributed by atoms with van der Waals surface area (Å²) in [7, 11) is 3.45. The number of aliphatic imine (C=N–C) groups is 1. The van der Waals surface area contributed by atoms with Crippen molar-refractivity contribution in [3.05, 3.63) is 16.1 Å². The summed E-state index contributed by atoms with van der Waals surface area (Å²) in [5.41, 5.74) is 1.23. The minimum Gasteiger partial charge on any atom is -0.383 e. The number of nitrogens with zero attached hydrogens (tertiary/aromatic N) is 2. The third kappa shape index (κ3) is 5.46. The Morgan fingerprint density at radius 1 is 1.50 bits per heavy atom. The number of nitrogens with one attached hydrogen (secondary N) is 2. The second-order valence-electron chi connectivity index (χ2n) is 5.80. The first kappa shape index (κ1) is 16.9. The van der Waals surface area contributed by atoms with Gasteiger partial charge < -0.3 is 15.4 Å². The van der Waals surface area contributed by atoms with Crippen LogP contribution in [0.15, 0.2) is 10.4 Å². The number of guanidine groups is 1. The van der Waals surface area contributed by atoms with E-state index in [0.717, 1.165) is 16.7 Å². The van der Waals surface area contributed by atoms with Gasteiger partial charge in [0.05, 0.1) is 18.8 Å². The summed E-state index contributed by atoms with van der Waals surface area (Å²) in [6.45, 7) is 9.90. The Kier molecular flexibility index (Phi) is 6.42. The molecule has 0 aliphatic carbocycles. The molecule has 1 aromatic rings. The number of aromatic nitrogens is 1. The first-order valence-electron chi connectivity index (χ1n) is 6.77. The van der Waals surface area contributed by atoms with Gasteiger partial charge in [-0.15, -0.1) is 11.3 Å². The average Bonchev–Trinajstić information content (AvgIpc) is 2.83. The predicted molar refractivity (Wildman–Crippen MR) is 85.5 cm³/mol. The van der Waals surface area contributed by atoms with E-state index in [9.17, 15) is 0 Å². The first-order valence-corrected chi connectivity index (χ1v) is 7.65. The molecule has 1 atom stereocenters. The van der Waals surface area contributed by atoms with Gasteiger partial charge in [-0.1, -0.05) is 20.8 Å². The summed E-state index contributed by atoms with van der Waals surface area (Å²) in [6.07, 6.45) is 0. The molecule has 6 heteroatoms. The lowest BCUT2D eigenvalue weighted by atomic mass is 9.93. The largest absolute Gasteiger partial charge is 0.383 e. The summed E-state index contributed by atoms with van der Waals surface area (Å²) >= 11 is 1.68. The lowest BCUT2D eigenvalue weighted by molar-refractivity contribution is 0.179. The van der Waals surface area contributed by atoms with Crippen LogP contribution < -0.4 is 10.6 Å². The van der Waals surface area contributed by atoms with Crippen LogP contribution in [0.3, 0.4) is 0 Å². The van der Waals surface area contributed by atoms with E-state index < -0.39 is 0 Å². The lowest BCUT2D eigenvalue weighted by Gasteiger charge is -2.16. The molecule has 0 bridgehead atoms. The van der Waals surface area contributed by atoms with E-state index in [4.69, 9.17) is 4.74 Å². The molecule has 1 rings (SSSR count). The van der Waals surface area contributed by atoms with Crippen molar-refractivity contribution in [2.45, 2.75) is 45.7 Å². The van der Waals surface area contributed by atoms with E-state index in [-0.39, 0.29) is 11.5 Å². The molecule has 0 aliphatic rings. The Morgan fingerprint density at radius 2 is 2.20 bits per heavy atom. The van der Waals surface area contributed by atoms with Crippen molar-refractivity contribution in [2.24, 2.45) is 4.99 Å². The van der Waals surface area contributed by atoms with Crippen LogP contribution in [0, 0.1) is 0 Å². The average molecular weight is 298 g/mol. The van der Waals surface area contributed by atoms with Crippen LogP contribution >= 0.6 is 11.3 Å². The zero-order chi connectivity index (χ0) is 15.2. The molecular formula is C14H26N4OS. The van der Waals surface area contributed by atoms with Crippen LogP contribution in [-0.2, 0) is 16.7 Å². The van der Waals surface area contributed by atoms with Gasteiger partial charge in [0.15, 0.2) is 5.96 Å². The normalized spacial score (nSPS) is 14.2. The van der Waals surface area contributed by atoms with Crippen LogP contribution in [0.4, 0.5) is 0 Å². The molecule has 0 aromatic carbocycles. The van der Waals surface area contributed by atoms with E-state index in [1.807, 2.05) is 0 Å². The molecule has 1 aromatic heterocycles. The summed E-state index contributed by atoms with van der Waals surface area (Å²) in [5, 5.41) is 9.73. The molecule has 0 aliphatic heterocycles. The Balaban J connectivity index is 2.51. The highest BCUT2D eigenvalue weighted by Gasteiger charge is 2.17. The number of hydrogen-bond acceptors (Lipinski definition) is 4. The van der Waals surface area contributed by atoms with Gasteiger partial charge in [-0.25, -0.2) is 4.98 Å². The lowest BCUT2D eigenvalue weighted by Crippen LogP contribution is -2.43. The topological polar surface area (TPSA) is 58.5 Å². The van der Waals surface area contributed by atoms with Gasteiger partial charge in [-0.2, -0.15) is 0 Å². The van der Waals surface area contributed by atoms with Gasteiger partial charge in [0.25, 0.3) is 0 Å². The highest BCUT2D eigenvalue weighted by Crippen LogP contribution is 2.23. The van der Waals surface area contributed by atoms with E-state index >= 15 is 0 Å². The highest BCUT2D eigenvalue weighted by molar-refractivity contribution is 7.09. The van der Waals surface area contributed by atoms with Crippen LogP contribution in [0.5, 0.6) is 0 Å². The van der Waals surface area contributed by atoms with E-state index in [1.54, 1.807) is 25.5 Å². The van der Waals surface area contributed by atoms with E-state index in [2.05, 4.69) is 53.7 Å². The van der Waals surface area contributed by atoms with E-state index in [1.165, 1.54) is 0 Å². The fraction of sp³-hybridized carbons (Fsp3) is 0.714. The SMILES string of the molecule is CN=C(NCc1nc(C(C)(C)C)cs1)NC(C)COC. The zero-order valence-electron chi connectivity index (χ0n) is 13.3. The summed E-state index contributed by atoms with van der Waals surface area (Å²) < 4.78 is 5.10. The van der Waals surface area contributed by atoms with E-state index in [0.29, 0.717) is 13.2 Å². The van der Waals surface area contributed by atoms with Gasteiger partial charge in [-0.05, 0) is 6.92 Å². The first-order chi connectivity index (χ1) is 9.36. The second kappa shape index (κ2) is 7.59. The van der Waals surface area contributed by atoms with Crippen LogP contribution in [0.25, 0.3) is 0 Å². The van der Waals surface area contributed by atoms with Gasteiger partial charge >= 0.3 is 0 Å². The maximum Gasteiger partial charge on any atom is 0.191 e. The zero-order valence-corrected chi connectivity index (χ0v) is 14.1. The van der Waals surface area contributed by atoms with Crippen molar-refractivity contribution in [2.75, 3.05) is 20.8 Å². The van der Waals surface area contributed by atoms with Crippen molar-refractivity contribution in [1.29, 1.82) is 0 Å². The molecule has 5 nitrogen and oxygen atoms in total. The molecule has 114 valence electrons. The highest BCUT2D eigenvalue weighted by atomic mass is 32.1. The molecule has 0 amide bonds. The molecular weight excluding hydrogens is 272 g/mol. The predicted octanol–water partition coefficient (Wildman–Crippen LogP) is 2.14. The molecule has 0 fully saturated rings. The molecule has 0 spiro atoms. The number of rotatable bonds is 5. The fourth-order valence-corrected chi connectivity index (χ4v) is 2.58. The third-order valence-corrected chi connectivity index (χ3v) is 3.60. The van der Waals surface area contributed by atoms with Crippen LogP contribution in [0.2, 0.25) is 0 Å².